The fraction of sp³-hybridized carbons (Fsp3) is 0.583. The van der Waals surface area contributed by atoms with Crippen molar-refractivity contribution in [3.63, 3.8) is 0 Å². The van der Waals surface area contributed by atoms with E-state index in [-0.39, 0.29) is 5.95 Å². The van der Waals surface area contributed by atoms with E-state index in [0.29, 0.717) is 23.9 Å². The highest BCUT2D eigenvalue weighted by Crippen LogP contribution is 2.30. The zero-order chi connectivity index (χ0) is 14.1. The summed E-state index contributed by atoms with van der Waals surface area (Å²) in [4.78, 5) is 19.0. The SMILES string of the molecule is CC(C)CN(c1nc(N)nc(-n2cncn2)n1)C1CC1. The van der Waals surface area contributed by atoms with Crippen molar-refractivity contribution in [1.29, 1.82) is 0 Å². The minimum absolute atomic E-state index is 0.204. The Morgan fingerprint density at radius 1 is 1.35 bits per heavy atom. The van der Waals surface area contributed by atoms with E-state index >= 15 is 0 Å². The van der Waals surface area contributed by atoms with E-state index in [1.165, 1.54) is 23.9 Å². The Hall–Kier alpha value is -2.25. The number of anilines is 2. The molecule has 0 atom stereocenters. The van der Waals surface area contributed by atoms with Crippen LogP contribution < -0.4 is 10.6 Å². The van der Waals surface area contributed by atoms with Crippen LogP contribution >= 0.6 is 0 Å². The third-order valence-electron chi connectivity index (χ3n) is 3.06. The maximum atomic E-state index is 5.80. The van der Waals surface area contributed by atoms with Crippen LogP contribution in [-0.4, -0.2) is 42.3 Å². The van der Waals surface area contributed by atoms with Crippen LogP contribution in [0.3, 0.4) is 0 Å². The molecule has 2 N–H and O–H groups in total. The molecule has 1 fully saturated rings. The third kappa shape index (κ3) is 2.68. The zero-order valence-electron chi connectivity index (χ0n) is 11.6. The molecule has 1 saturated carbocycles. The minimum atomic E-state index is 0.204. The number of nitrogens with two attached hydrogens (primary N) is 1. The molecule has 1 aliphatic carbocycles. The molecule has 2 aromatic rings. The first-order valence-corrected chi connectivity index (χ1v) is 6.76. The van der Waals surface area contributed by atoms with Gasteiger partial charge in [0.05, 0.1) is 0 Å². The number of rotatable bonds is 5. The van der Waals surface area contributed by atoms with Crippen molar-refractivity contribution >= 4 is 11.9 Å². The van der Waals surface area contributed by atoms with Crippen molar-refractivity contribution in [3.05, 3.63) is 12.7 Å². The van der Waals surface area contributed by atoms with Gasteiger partial charge in [-0.25, -0.2) is 4.98 Å². The van der Waals surface area contributed by atoms with Crippen LogP contribution in [0.2, 0.25) is 0 Å². The van der Waals surface area contributed by atoms with Crippen molar-refractivity contribution in [2.24, 2.45) is 5.92 Å². The van der Waals surface area contributed by atoms with Crippen LogP contribution in [0.4, 0.5) is 11.9 Å². The van der Waals surface area contributed by atoms with Gasteiger partial charge >= 0.3 is 0 Å². The molecular formula is C12H18N8. The second-order valence-electron chi connectivity index (χ2n) is 5.41. The predicted molar refractivity (Wildman–Crippen MR) is 74.4 cm³/mol. The summed E-state index contributed by atoms with van der Waals surface area (Å²) in [5.74, 6) is 1.76. The van der Waals surface area contributed by atoms with Crippen molar-refractivity contribution in [3.8, 4) is 5.95 Å². The van der Waals surface area contributed by atoms with Gasteiger partial charge in [-0.15, -0.1) is 0 Å². The molecule has 0 aliphatic heterocycles. The summed E-state index contributed by atoms with van der Waals surface area (Å²) in [5.41, 5.74) is 5.80. The molecule has 0 amide bonds. The first-order valence-electron chi connectivity index (χ1n) is 6.76. The van der Waals surface area contributed by atoms with E-state index < -0.39 is 0 Å². The monoisotopic (exact) mass is 274 g/mol. The van der Waals surface area contributed by atoms with E-state index in [2.05, 4.69) is 43.8 Å². The van der Waals surface area contributed by atoms with Crippen molar-refractivity contribution in [2.75, 3.05) is 17.2 Å². The van der Waals surface area contributed by atoms with Crippen LogP contribution in [0.15, 0.2) is 12.7 Å². The summed E-state index contributed by atoms with van der Waals surface area (Å²) in [6.07, 6.45) is 5.34. The van der Waals surface area contributed by atoms with Gasteiger partial charge in [0, 0.05) is 12.6 Å². The van der Waals surface area contributed by atoms with E-state index in [4.69, 9.17) is 5.73 Å². The highest BCUT2D eigenvalue weighted by atomic mass is 15.4. The van der Waals surface area contributed by atoms with E-state index in [1.807, 2.05) is 0 Å². The fourth-order valence-electron chi connectivity index (χ4n) is 2.09. The molecule has 0 radical (unpaired) electrons. The summed E-state index contributed by atoms with van der Waals surface area (Å²) < 4.78 is 1.49. The Morgan fingerprint density at radius 2 is 2.15 bits per heavy atom. The Balaban J connectivity index is 1.95. The van der Waals surface area contributed by atoms with Crippen molar-refractivity contribution in [2.45, 2.75) is 32.7 Å². The zero-order valence-corrected chi connectivity index (χ0v) is 11.6. The second-order valence-corrected chi connectivity index (χ2v) is 5.41. The lowest BCUT2D eigenvalue weighted by molar-refractivity contribution is 0.595. The molecule has 3 rings (SSSR count). The summed E-state index contributed by atoms with van der Waals surface area (Å²) in [6.45, 7) is 5.27. The van der Waals surface area contributed by atoms with Gasteiger partial charge in [0.15, 0.2) is 0 Å². The van der Waals surface area contributed by atoms with Crippen molar-refractivity contribution < 1.29 is 0 Å². The molecule has 0 saturated heterocycles. The van der Waals surface area contributed by atoms with Gasteiger partial charge in [0.2, 0.25) is 11.9 Å². The molecule has 2 aromatic heterocycles. The van der Waals surface area contributed by atoms with E-state index in [0.717, 1.165) is 6.54 Å². The first-order chi connectivity index (χ1) is 9.63. The summed E-state index contributed by atoms with van der Waals surface area (Å²) in [5, 5.41) is 4.03. The predicted octanol–water partition coefficient (Wildman–Crippen LogP) is 0.659. The molecule has 106 valence electrons. The first kappa shape index (κ1) is 12.8. The molecule has 2 heterocycles. The van der Waals surface area contributed by atoms with Gasteiger partial charge in [0.25, 0.3) is 5.95 Å². The van der Waals surface area contributed by atoms with Crippen LogP contribution in [-0.2, 0) is 0 Å². The van der Waals surface area contributed by atoms with Crippen LogP contribution in [0.1, 0.15) is 26.7 Å². The standard InChI is InChI=1S/C12H18N8/c1-8(2)5-19(9-3-4-9)11-16-10(13)17-12(18-11)20-7-14-6-15-20/h6-9H,3-5H2,1-2H3,(H2,13,16,17,18). The van der Waals surface area contributed by atoms with Gasteiger partial charge in [-0.1, -0.05) is 13.8 Å². The quantitative estimate of drug-likeness (QED) is 0.855. The molecule has 0 aromatic carbocycles. The Kier molecular flexibility index (Phi) is 3.21. The average Bonchev–Trinajstić information content (AvgIpc) is 3.08. The smallest absolute Gasteiger partial charge is 0.258 e. The van der Waals surface area contributed by atoms with Gasteiger partial charge in [-0.3, -0.25) is 0 Å². The third-order valence-corrected chi connectivity index (χ3v) is 3.06. The number of hydrogen-bond acceptors (Lipinski definition) is 7. The highest BCUT2D eigenvalue weighted by Gasteiger charge is 2.31. The number of hydrogen-bond donors (Lipinski definition) is 1. The number of aromatic nitrogens is 6. The molecule has 0 spiro atoms. The van der Waals surface area contributed by atoms with Gasteiger partial charge < -0.3 is 10.6 Å². The van der Waals surface area contributed by atoms with E-state index in [9.17, 15) is 0 Å². The van der Waals surface area contributed by atoms with Crippen LogP contribution in [0, 0.1) is 5.92 Å². The Morgan fingerprint density at radius 3 is 2.75 bits per heavy atom. The maximum Gasteiger partial charge on any atom is 0.258 e. The maximum absolute atomic E-state index is 5.80. The van der Waals surface area contributed by atoms with Crippen LogP contribution in [0.5, 0.6) is 0 Å². The second kappa shape index (κ2) is 5.03. The molecular weight excluding hydrogens is 256 g/mol. The molecule has 20 heavy (non-hydrogen) atoms. The highest BCUT2D eigenvalue weighted by molar-refractivity contribution is 5.40. The normalized spacial score (nSPS) is 14.8. The fourth-order valence-corrected chi connectivity index (χ4v) is 2.09. The molecule has 0 unspecified atom stereocenters. The minimum Gasteiger partial charge on any atom is -0.368 e. The van der Waals surface area contributed by atoms with Gasteiger partial charge in [-0.2, -0.15) is 24.7 Å². The molecule has 8 heteroatoms. The largest absolute Gasteiger partial charge is 0.368 e. The van der Waals surface area contributed by atoms with Crippen LogP contribution in [0.25, 0.3) is 5.95 Å². The topological polar surface area (TPSA) is 98.6 Å². The lowest BCUT2D eigenvalue weighted by Gasteiger charge is -2.24. The lowest BCUT2D eigenvalue weighted by Crippen LogP contribution is -2.32. The lowest BCUT2D eigenvalue weighted by atomic mass is 10.2. The molecule has 1 aliphatic rings. The Labute approximate surface area is 117 Å². The molecule has 8 nitrogen and oxygen atoms in total. The van der Waals surface area contributed by atoms with Gasteiger partial charge in [-0.05, 0) is 18.8 Å². The van der Waals surface area contributed by atoms with E-state index in [1.54, 1.807) is 6.33 Å². The number of nitrogens with zero attached hydrogens (tertiary/aromatic N) is 7. The Bertz CT molecular complexity index is 575. The summed E-state index contributed by atoms with van der Waals surface area (Å²) in [7, 11) is 0. The summed E-state index contributed by atoms with van der Waals surface area (Å²) >= 11 is 0. The van der Waals surface area contributed by atoms with Crippen molar-refractivity contribution in [1.82, 2.24) is 29.7 Å². The average molecular weight is 274 g/mol. The molecule has 0 bridgehead atoms. The summed E-state index contributed by atoms with van der Waals surface area (Å²) in [6, 6.07) is 0.516. The number of nitrogen functional groups attached to an aromatic ring is 1. The van der Waals surface area contributed by atoms with Gasteiger partial charge in [0.1, 0.15) is 12.7 Å².